The van der Waals surface area contributed by atoms with Crippen LogP contribution in [0.3, 0.4) is 0 Å². The van der Waals surface area contributed by atoms with Gasteiger partial charge in [0.25, 0.3) is 0 Å². The van der Waals surface area contributed by atoms with Crippen LogP contribution >= 0.6 is 11.6 Å². The summed E-state index contributed by atoms with van der Waals surface area (Å²) in [7, 11) is 0. The van der Waals surface area contributed by atoms with Gasteiger partial charge in [0.05, 0.1) is 17.7 Å². The average Bonchev–Trinajstić information content (AvgIpc) is 2.47. The molecule has 2 rings (SSSR count). The predicted octanol–water partition coefficient (Wildman–Crippen LogP) is 3.03. The maximum atomic E-state index is 10.0. The lowest BCUT2D eigenvalue weighted by Crippen LogP contribution is -2.21. The number of rotatable bonds is 5. The average molecular weight is 287 g/mol. The predicted molar refractivity (Wildman–Crippen MR) is 79.3 cm³/mol. The summed E-state index contributed by atoms with van der Waals surface area (Å²) in [6.07, 6.45) is -0.595. The molecule has 0 aliphatic heterocycles. The Bertz CT molecular complexity index is 605. The maximum absolute atomic E-state index is 10.0. The third kappa shape index (κ3) is 4.07. The van der Waals surface area contributed by atoms with E-state index in [0.29, 0.717) is 23.7 Å². The maximum Gasteiger partial charge on any atom is 0.0991 e. The molecule has 0 bridgehead atoms. The number of nitrogens with one attached hydrogen (secondary N) is 1. The first kappa shape index (κ1) is 14.5. The monoisotopic (exact) mass is 286 g/mol. The first-order chi connectivity index (χ1) is 9.69. The van der Waals surface area contributed by atoms with Gasteiger partial charge in [-0.05, 0) is 35.4 Å². The standard InChI is InChI=1S/C16H15ClN2O/c17-15-3-1-2-13(8-15)10-19-11-16(20)14-6-4-12(9-18)5-7-14/h1-8,16,19-20H,10-11H2. The summed E-state index contributed by atoms with van der Waals surface area (Å²) in [6, 6.07) is 16.6. The van der Waals surface area contributed by atoms with Gasteiger partial charge in [-0.1, -0.05) is 35.9 Å². The van der Waals surface area contributed by atoms with Gasteiger partial charge in [0.1, 0.15) is 0 Å². The van der Waals surface area contributed by atoms with E-state index in [1.807, 2.05) is 24.3 Å². The number of benzene rings is 2. The quantitative estimate of drug-likeness (QED) is 0.888. The fraction of sp³-hybridized carbons (Fsp3) is 0.188. The molecule has 102 valence electrons. The van der Waals surface area contributed by atoms with Gasteiger partial charge in [-0.15, -0.1) is 0 Å². The second-order valence-electron chi connectivity index (χ2n) is 4.51. The molecular formula is C16H15ClN2O. The molecule has 2 aromatic rings. The van der Waals surface area contributed by atoms with E-state index in [1.165, 1.54) is 0 Å². The van der Waals surface area contributed by atoms with Crippen LogP contribution in [0.5, 0.6) is 0 Å². The van der Waals surface area contributed by atoms with Crippen LogP contribution in [0, 0.1) is 11.3 Å². The molecule has 0 saturated heterocycles. The van der Waals surface area contributed by atoms with Crippen molar-refractivity contribution >= 4 is 11.6 Å². The molecular weight excluding hydrogens is 272 g/mol. The Morgan fingerprint density at radius 3 is 2.60 bits per heavy atom. The Morgan fingerprint density at radius 2 is 1.95 bits per heavy atom. The molecule has 1 atom stereocenters. The largest absolute Gasteiger partial charge is 0.387 e. The minimum atomic E-state index is -0.595. The fourth-order valence-electron chi connectivity index (χ4n) is 1.90. The summed E-state index contributed by atoms with van der Waals surface area (Å²) in [4.78, 5) is 0. The van der Waals surface area contributed by atoms with Crippen molar-refractivity contribution < 1.29 is 5.11 Å². The molecule has 2 aromatic carbocycles. The van der Waals surface area contributed by atoms with Gasteiger partial charge >= 0.3 is 0 Å². The van der Waals surface area contributed by atoms with Crippen molar-refractivity contribution in [2.75, 3.05) is 6.54 Å². The highest BCUT2D eigenvalue weighted by Crippen LogP contribution is 2.14. The highest BCUT2D eigenvalue weighted by Gasteiger charge is 2.06. The first-order valence-electron chi connectivity index (χ1n) is 6.32. The smallest absolute Gasteiger partial charge is 0.0991 e. The van der Waals surface area contributed by atoms with E-state index < -0.39 is 6.10 Å². The molecule has 4 heteroatoms. The van der Waals surface area contributed by atoms with Crippen LogP contribution in [0.15, 0.2) is 48.5 Å². The lowest BCUT2D eigenvalue weighted by molar-refractivity contribution is 0.174. The van der Waals surface area contributed by atoms with E-state index in [-0.39, 0.29) is 0 Å². The van der Waals surface area contributed by atoms with Crippen LogP contribution in [-0.4, -0.2) is 11.7 Å². The van der Waals surface area contributed by atoms with Crippen molar-refractivity contribution in [2.45, 2.75) is 12.6 Å². The van der Waals surface area contributed by atoms with E-state index in [4.69, 9.17) is 16.9 Å². The topological polar surface area (TPSA) is 56.0 Å². The van der Waals surface area contributed by atoms with Crippen molar-refractivity contribution in [2.24, 2.45) is 0 Å². The molecule has 0 heterocycles. The zero-order valence-corrected chi connectivity index (χ0v) is 11.6. The van der Waals surface area contributed by atoms with E-state index in [0.717, 1.165) is 11.1 Å². The highest BCUT2D eigenvalue weighted by molar-refractivity contribution is 6.30. The van der Waals surface area contributed by atoms with Crippen LogP contribution in [-0.2, 0) is 6.54 Å². The molecule has 0 spiro atoms. The molecule has 1 unspecified atom stereocenters. The Hall–Kier alpha value is -1.86. The molecule has 0 radical (unpaired) electrons. The van der Waals surface area contributed by atoms with Crippen molar-refractivity contribution in [1.82, 2.24) is 5.32 Å². The van der Waals surface area contributed by atoms with E-state index >= 15 is 0 Å². The lowest BCUT2D eigenvalue weighted by atomic mass is 10.1. The first-order valence-corrected chi connectivity index (χ1v) is 6.70. The zero-order chi connectivity index (χ0) is 14.4. The zero-order valence-electron chi connectivity index (χ0n) is 10.9. The van der Waals surface area contributed by atoms with Crippen LogP contribution in [0.1, 0.15) is 22.8 Å². The van der Waals surface area contributed by atoms with Crippen molar-refractivity contribution in [3.05, 3.63) is 70.2 Å². The van der Waals surface area contributed by atoms with E-state index in [2.05, 4.69) is 11.4 Å². The Kier molecular flexibility index (Phi) is 5.14. The molecule has 20 heavy (non-hydrogen) atoms. The molecule has 0 saturated carbocycles. The van der Waals surface area contributed by atoms with Gasteiger partial charge in [0.15, 0.2) is 0 Å². The Morgan fingerprint density at radius 1 is 1.20 bits per heavy atom. The Balaban J connectivity index is 1.85. The van der Waals surface area contributed by atoms with Crippen LogP contribution < -0.4 is 5.32 Å². The number of hydrogen-bond donors (Lipinski definition) is 2. The van der Waals surface area contributed by atoms with Crippen molar-refractivity contribution in [1.29, 1.82) is 5.26 Å². The van der Waals surface area contributed by atoms with Gasteiger partial charge < -0.3 is 10.4 Å². The molecule has 0 amide bonds. The van der Waals surface area contributed by atoms with E-state index in [1.54, 1.807) is 24.3 Å². The number of nitriles is 1. The highest BCUT2D eigenvalue weighted by atomic mass is 35.5. The van der Waals surface area contributed by atoms with Crippen molar-refractivity contribution in [3.8, 4) is 6.07 Å². The number of hydrogen-bond acceptors (Lipinski definition) is 3. The number of aliphatic hydroxyl groups is 1. The molecule has 2 N–H and O–H groups in total. The normalized spacial score (nSPS) is 11.8. The summed E-state index contributed by atoms with van der Waals surface area (Å²) < 4.78 is 0. The summed E-state index contributed by atoms with van der Waals surface area (Å²) >= 11 is 5.91. The van der Waals surface area contributed by atoms with Crippen LogP contribution in [0.25, 0.3) is 0 Å². The second-order valence-corrected chi connectivity index (χ2v) is 4.95. The van der Waals surface area contributed by atoms with Gasteiger partial charge in [-0.3, -0.25) is 0 Å². The van der Waals surface area contributed by atoms with Crippen LogP contribution in [0.4, 0.5) is 0 Å². The van der Waals surface area contributed by atoms with Crippen molar-refractivity contribution in [3.63, 3.8) is 0 Å². The summed E-state index contributed by atoms with van der Waals surface area (Å²) in [5.41, 5.74) is 2.46. The van der Waals surface area contributed by atoms with E-state index in [9.17, 15) is 5.11 Å². The minimum absolute atomic E-state index is 0.443. The summed E-state index contributed by atoms with van der Waals surface area (Å²) in [5, 5.41) is 22.7. The number of halogens is 1. The van der Waals surface area contributed by atoms with Gasteiger partial charge in [0.2, 0.25) is 0 Å². The molecule has 3 nitrogen and oxygen atoms in total. The molecule has 0 aliphatic rings. The third-order valence-electron chi connectivity index (χ3n) is 2.98. The number of aliphatic hydroxyl groups excluding tert-OH is 1. The van der Waals surface area contributed by atoms with Crippen LogP contribution in [0.2, 0.25) is 5.02 Å². The third-order valence-corrected chi connectivity index (χ3v) is 3.22. The Labute approximate surface area is 123 Å². The minimum Gasteiger partial charge on any atom is -0.387 e. The van der Waals surface area contributed by atoms with Gasteiger partial charge in [0, 0.05) is 18.1 Å². The fourth-order valence-corrected chi connectivity index (χ4v) is 2.11. The molecule has 0 fully saturated rings. The van der Waals surface area contributed by atoms with Gasteiger partial charge in [-0.2, -0.15) is 5.26 Å². The number of nitrogens with zero attached hydrogens (tertiary/aromatic N) is 1. The molecule has 0 aromatic heterocycles. The molecule has 0 aliphatic carbocycles. The summed E-state index contributed by atoms with van der Waals surface area (Å²) in [6.45, 7) is 1.09. The SMILES string of the molecule is N#Cc1ccc(C(O)CNCc2cccc(Cl)c2)cc1. The van der Waals surface area contributed by atoms with Gasteiger partial charge in [-0.25, -0.2) is 0 Å². The second kappa shape index (κ2) is 7.06. The lowest BCUT2D eigenvalue weighted by Gasteiger charge is -2.12. The summed E-state index contributed by atoms with van der Waals surface area (Å²) in [5.74, 6) is 0.